The van der Waals surface area contributed by atoms with E-state index < -0.39 is 0 Å². The van der Waals surface area contributed by atoms with Crippen LogP contribution >= 0.6 is 0 Å². The van der Waals surface area contributed by atoms with Gasteiger partial charge >= 0.3 is 5.97 Å². The number of imidazole rings is 1. The number of benzene rings is 1. The number of aryl methyl sites for hydroxylation is 1. The van der Waals surface area contributed by atoms with Crippen LogP contribution in [-0.4, -0.2) is 25.1 Å². The zero-order valence-corrected chi connectivity index (χ0v) is 17.2. The van der Waals surface area contributed by atoms with E-state index in [0.717, 1.165) is 22.9 Å². The van der Waals surface area contributed by atoms with Crippen molar-refractivity contribution in [3.63, 3.8) is 0 Å². The fourth-order valence-corrected chi connectivity index (χ4v) is 3.52. The molecule has 0 spiro atoms. The number of rotatable bonds is 7. The second-order valence-corrected chi connectivity index (χ2v) is 7.23. The first-order chi connectivity index (χ1) is 14.6. The third-order valence-corrected chi connectivity index (χ3v) is 5.17. The van der Waals surface area contributed by atoms with Crippen LogP contribution in [0.4, 0.5) is 0 Å². The van der Waals surface area contributed by atoms with Crippen LogP contribution in [0.1, 0.15) is 38.8 Å². The Morgan fingerprint density at radius 1 is 0.967 bits per heavy atom. The third-order valence-electron chi connectivity index (χ3n) is 5.17. The summed E-state index contributed by atoms with van der Waals surface area (Å²) in [5.74, 6) is 0.374. The molecule has 1 aromatic carbocycles. The van der Waals surface area contributed by atoms with E-state index in [0.29, 0.717) is 18.7 Å². The smallest absolute Gasteiger partial charge is 0.340 e. The summed E-state index contributed by atoms with van der Waals surface area (Å²) in [4.78, 5) is 21.5. The van der Waals surface area contributed by atoms with E-state index in [-0.39, 0.29) is 12.6 Å². The van der Waals surface area contributed by atoms with Crippen LogP contribution in [0.25, 0.3) is 0 Å². The summed E-state index contributed by atoms with van der Waals surface area (Å²) in [6.07, 6.45) is 5.40. The molecule has 4 aromatic rings. The maximum atomic E-state index is 12.8. The summed E-state index contributed by atoms with van der Waals surface area (Å²) in [7, 11) is 0. The normalized spacial score (nSPS) is 10.9. The Hall–Kier alpha value is -3.67. The van der Waals surface area contributed by atoms with Crippen LogP contribution in [0.5, 0.6) is 0 Å². The molecule has 0 bridgehead atoms. The maximum Gasteiger partial charge on any atom is 0.340 e. The molecular formula is C24H24N4O2. The van der Waals surface area contributed by atoms with Crippen LogP contribution in [0.3, 0.4) is 0 Å². The highest BCUT2D eigenvalue weighted by atomic mass is 16.5. The first-order valence-corrected chi connectivity index (χ1v) is 9.89. The highest BCUT2D eigenvalue weighted by Gasteiger charge is 2.18. The number of hydrogen-bond acceptors (Lipinski definition) is 4. The molecule has 6 heteroatoms. The Balaban J connectivity index is 1.44. The highest BCUT2D eigenvalue weighted by molar-refractivity contribution is 5.91. The van der Waals surface area contributed by atoms with Gasteiger partial charge in [-0.2, -0.15) is 0 Å². The average molecular weight is 400 g/mol. The quantitative estimate of drug-likeness (QED) is 0.437. The second kappa shape index (κ2) is 8.78. The van der Waals surface area contributed by atoms with E-state index in [4.69, 9.17) is 4.74 Å². The Morgan fingerprint density at radius 3 is 2.53 bits per heavy atom. The SMILES string of the molecule is Cc1cc(C(=O)OCc2nccn2Cc2ccccc2)c(C)n1Cc1ccccn1. The van der Waals surface area contributed by atoms with Gasteiger partial charge in [-0.05, 0) is 37.6 Å². The van der Waals surface area contributed by atoms with Crippen molar-refractivity contribution in [2.45, 2.75) is 33.5 Å². The minimum absolute atomic E-state index is 0.128. The average Bonchev–Trinajstić information content (AvgIpc) is 3.32. The van der Waals surface area contributed by atoms with Gasteiger partial charge in [-0.1, -0.05) is 36.4 Å². The van der Waals surface area contributed by atoms with Crippen LogP contribution in [0.2, 0.25) is 0 Å². The van der Waals surface area contributed by atoms with Crippen molar-refractivity contribution in [2.24, 2.45) is 0 Å². The molecule has 0 aliphatic carbocycles. The van der Waals surface area contributed by atoms with Crippen LogP contribution in [-0.2, 0) is 24.4 Å². The molecule has 0 aliphatic rings. The van der Waals surface area contributed by atoms with Crippen molar-refractivity contribution < 1.29 is 9.53 Å². The molecular weight excluding hydrogens is 376 g/mol. The second-order valence-electron chi connectivity index (χ2n) is 7.23. The topological polar surface area (TPSA) is 61.9 Å². The third kappa shape index (κ3) is 4.33. The van der Waals surface area contributed by atoms with Crippen LogP contribution in [0.15, 0.2) is 73.2 Å². The van der Waals surface area contributed by atoms with Gasteiger partial charge in [0.2, 0.25) is 0 Å². The molecule has 3 aromatic heterocycles. The van der Waals surface area contributed by atoms with Gasteiger partial charge in [-0.25, -0.2) is 9.78 Å². The van der Waals surface area contributed by atoms with Gasteiger partial charge in [0.05, 0.1) is 17.8 Å². The fourth-order valence-electron chi connectivity index (χ4n) is 3.52. The minimum atomic E-state index is -0.343. The highest BCUT2D eigenvalue weighted by Crippen LogP contribution is 2.18. The summed E-state index contributed by atoms with van der Waals surface area (Å²) >= 11 is 0. The monoisotopic (exact) mass is 400 g/mol. The number of ether oxygens (including phenoxy) is 1. The fraction of sp³-hybridized carbons (Fsp3) is 0.208. The van der Waals surface area contributed by atoms with Crippen molar-refractivity contribution in [3.8, 4) is 0 Å². The Morgan fingerprint density at radius 2 is 1.77 bits per heavy atom. The summed E-state index contributed by atoms with van der Waals surface area (Å²) in [5, 5.41) is 0. The van der Waals surface area contributed by atoms with Crippen molar-refractivity contribution in [3.05, 3.63) is 107 Å². The Kier molecular flexibility index (Phi) is 5.75. The lowest BCUT2D eigenvalue weighted by molar-refractivity contribution is 0.0457. The van der Waals surface area contributed by atoms with E-state index in [1.165, 1.54) is 5.56 Å². The lowest BCUT2D eigenvalue weighted by atomic mass is 10.2. The maximum absolute atomic E-state index is 12.8. The number of carbonyl (C=O) groups is 1. The van der Waals surface area contributed by atoms with Crippen molar-refractivity contribution in [2.75, 3.05) is 0 Å². The Bertz CT molecular complexity index is 1130. The number of esters is 1. The zero-order valence-electron chi connectivity index (χ0n) is 17.2. The van der Waals surface area contributed by atoms with Gasteiger partial charge in [0, 0.05) is 36.5 Å². The first kappa shape index (κ1) is 19.6. The van der Waals surface area contributed by atoms with Crippen LogP contribution < -0.4 is 0 Å². The largest absolute Gasteiger partial charge is 0.454 e. The molecule has 152 valence electrons. The van der Waals surface area contributed by atoms with Gasteiger partial charge in [0.15, 0.2) is 0 Å². The number of hydrogen-bond donors (Lipinski definition) is 0. The van der Waals surface area contributed by atoms with E-state index in [1.807, 2.05) is 67.1 Å². The molecule has 0 unspecified atom stereocenters. The number of aromatic nitrogens is 4. The van der Waals surface area contributed by atoms with E-state index in [9.17, 15) is 4.79 Å². The predicted octanol–water partition coefficient (Wildman–Crippen LogP) is 4.15. The molecule has 0 aliphatic heterocycles. The van der Waals surface area contributed by atoms with Crippen molar-refractivity contribution in [1.29, 1.82) is 0 Å². The summed E-state index contributed by atoms with van der Waals surface area (Å²) in [6, 6.07) is 17.8. The van der Waals surface area contributed by atoms with Crippen LogP contribution in [0, 0.1) is 13.8 Å². The molecule has 0 N–H and O–H groups in total. The van der Waals surface area contributed by atoms with Gasteiger partial charge in [-0.3, -0.25) is 4.98 Å². The molecule has 0 fully saturated rings. The molecule has 0 amide bonds. The minimum Gasteiger partial charge on any atom is -0.454 e. The molecule has 4 rings (SSSR count). The molecule has 0 radical (unpaired) electrons. The molecule has 0 saturated carbocycles. The van der Waals surface area contributed by atoms with Gasteiger partial charge in [-0.15, -0.1) is 0 Å². The predicted molar refractivity (Wildman–Crippen MR) is 114 cm³/mol. The summed E-state index contributed by atoms with van der Waals surface area (Å²) < 4.78 is 9.67. The van der Waals surface area contributed by atoms with Gasteiger partial charge in [0.25, 0.3) is 0 Å². The van der Waals surface area contributed by atoms with Gasteiger partial charge in [0.1, 0.15) is 12.4 Å². The molecule has 3 heterocycles. The Labute approximate surface area is 175 Å². The standard InChI is InChI=1S/C24H24N4O2/c1-18-14-22(19(2)28(18)16-21-10-6-7-11-25-21)24(29)30-17-23-26-12-13-27(23)15-20-8-4-3-5-9-20/h3-14H,15-17H2,1-2H3. The van der Waals surface area contributed by atoms with E-state index in [2.05, 4.69) is 26.7 Å². The zero-order chi connectivity index (χ0) is 20.9. The molecule has 0 saturated heterocycles. The first-order valence-electron chi connectivity index (χ1n) is 9.89. The lowest BCUT2D eigenvalue weighted by Crippen LogP contribution is -2.12. The number of carbonyl (C=O) groups excluding carboxylic acids is 1. The molecule has 0 atom stereocenters. The van der Waals surface area contributed by atoms with E-state index >= 15 is 0 Å². The number of pyridine rings is 1. The van der Waals surface area contributed by atoms with Crippen molar-refractivity contribution in [1.82, 2.24) is 19.1 Å². The van der Waals surface area contributed by atoms with Gasteiger partial charge < -0.3 is 13.9 Å². The summed E-state index contributed by atoms with van der Waals surface area (Å²) in [6.45, 7) is 5.35. The van der Waals surface area contributed by atoms with Crippen molar-refractivity contribution >= 4 is 5.97 Å². The van der Waals surface area contributed by atoms with E-state index in [1.54, 1.807) is 12.4 Å². The number of nitrogens with zero attached hydrogens (tertiary/aromatic N) is 4. The lowest BCUT2D eigenvalue weighted by Gasteiger charge is -2.10. The molecule has 30 heavy (non-hydrogen) atoms. The molecule has 6 nitrogen and oxygen atoms in total. The summed E-state index contributed by atoms with van der Waals surface area (Å²) in [5.41, 5.74) is 4.55.